The van der Waals surface area contributed by atoms with E-state index in [1.165, 1.54) is 0 Å². The summed E-state index contributed by atoms with van der Waals surface area (Å²) >= 11 is 5.92. The molecule has 0 aliphatic heterocycles. The van der Waals surface area contributed by atoms with E-state index in [0.29, 0.717) is 47.7 Å². The van der Waals surface area contributed by atoms with E-state index in [2.05, 4.69) is 30.6 Å². The second kappa shape index (κ2) is 8.52. The molecular weight excluding hydrogens is 344 g/mol. The van der Waals surface area contributed by atoms with Crippen molar-refractivity contribution in [1.82, 2.24) is 19.9 Å². The number of anilines is 3. The molecule has 1 aromatic carbocycles. The Kier molecular flexibility index (Phi) is 5.89. The number of hydrogen-bond acceptors (Lipinski definition) is 8. The third kappa shape index (κ3) is 4.72. The minimum atomic E-state index is -0.00275. The number of nitrogens with one attached hydrogen (secondary N) is 2. The molecular formula is C16H17ClN6O2. The van der Waals surface area contributed by atoms with Crippen LogP contribution in [0.5, 0.6) is 0 Å². The molecule has 2 aromatic heterocycles. The lowest BCUT2D eigenvalue weighted by atomic mass is 10.3. The summed E-state index contributed by atoms with van der Waals surface area (Å²) in [7, 11) is 0. The lowest BCUT2D eigenvalue weighted by molar-refractivity contribution is 0.0991. The number of nitrogens with zero attached hydrogens (tertiary/aromatic N) is 4. The van der Waals surface area contributed by atoms with Crippen LogP contribution in [0.1, 0.15) is 0 Å². The summed E-state index contributed by atoms with van der Waals surface area (Å²) in [6, 6.07) is 7.28. The maximum atomic E-state index is 8.69. The molecule has 0 fully saturated rings. The molecule has 0 amide bonds. The van der Waals surface area contributed by atoms with Crippen LogP contribution in [0.4, 0.5) is 17.5 Å². The van der Waals surface area contributed by atoms with Crippen LogP contribution in [0, 0.1) is 0 Å². The smallest absolute Gasteiger partial charge is 0.226 e. The number of rotatable bonds is 8. The van der Waals surface area contributed by atoms with Gasteiger partial charge in [0.25, 0.3) is 0 Å². The van der Waals surface area contributed by atoms with Gasteiger partial charge in [0.05, 0.1) is 19.8 Å². The minimum absolute atomic E-state index is 0.00275. The fourth-order valence-electron chi connectivity index (χ4n) is 2.10. The number of aromatic nitrogens is 4. The summed E-state index contributed by atoms with van der Waals surface area (Å²) in [6.07, 6.45) is 3.17. The number of fused-ring (bicyclic) bond motifs is 1. The monoisotopic (exact) mass is 360 g/mol. The first-order valence-corrected chi connectivity index (χ1v) is 8.08. The largest absolute Gasteiger partial charge is 0.394 e. The molecule has 9 heteroatoms. The zero-order valence-corrected chi connectivity index (χ0v) is 14.1. The molecule has 3 N–H and O–H groups in total. The summed E-state index contributed by atoms with van der Waals surface area (Å²) in [6.45, 7) is 1.24. The van der Waals surface area contributed by atoms with Gasteiger partial charge in [0.2, 0.25) is 5.95 Å². The zero-order valence-electron chi connectivity index (χ0n) is 13.3. The highest BCUT2D eigenvalue weighted by atomic mass is 35.5. The molecule has 0 bridgehead atoms. The number of halogens is 1. The van der Waals surface area contributed by atoms with E-state index in [9.17, 15) is 0 Å². The number of ether oxygens (including phenoxy) is 1. The average Bonchev–Trinajstić information content (AvgIpc) is 2.63. The van der Waals surface area contributed by atoms with Gasteiger partial charge in [-0.15, -0.1) is 0 Å². The topological polar surface area (TPSA) is 105 Å². The zero-order chi connectivity index (χ0) is 17.5. The second-order valence-corrected chi connectivity index (χ2v) is 5.46. The molecule has 0 unspecified atom stereocenters. The van der Waals surface area contributed by atoms with Gasteiger partial charge < -0.3 is 20.5 Å². The van der Waals surface area contributed by atoms with Crippen LogP contribution in [0.2, 0.25) is 5.02 Å². The molecule has 3 aromatic rings. The Morgan fingerprint density at radius 1 is 1.04 bits per heavy atom. The van der Waals surface area contributed by atoms with Crippen molar-refractivity contribution in [1.29, 1.82) is 0 Å². The normalized spacial score (nSPS) is 10.8. The highest BCUT2D eigenvalue weighted by molar-refractivity contribution is 6.30. The Hall–Kier alpha value is -2.55. The maximum Gasteiger partial charge on any atom is 0.226 e. The number of aliphatic hydroxyl groups excluding tert-OH is 1. The van der Waals surface area contributed by atoms with Crippen molar-refractivity contribution in [2.24, 2.45) is 0 Å². The van der Waals surface area contributed by atoms with Gasteiger partial charge in [-0.25, -0.2) is 9.97 Å². The Morgan fingerprint density at radius 3 is 2.64 bits per heavy atom. The van der Waals surface area contributed by atoms with Crippen molar-refractivity contribution in [2.75, 3.05) is 37.0 Å². The molecule has 3 rings (SSSR count). The van der Waals surface area contributed by atoms with E-state index < -0.39 is 0 Å². The summed E-state index contributed by atoms with van der Waals surface area (Å²) < 4.78 is 5.20. The maximum absolute atomic E-state index is 8.69. The highest BCUT2D eigenvalue weighted by Crippen LogP contribution is 2.23. The molecule has 0 saturated carbocycles. The fourth-order valence-corrected chi connectivity index (χ4v) is 2.23. The van der Waals surface area contributed by atoms with E-state index in [1.54, 1.807) is 24.5 Å². The van der Waals surface area contributed by atoms with Crippen molar-refractivity contribution >= 4 is 40.2 Å². The van der Waals surface area contributed by atoms with Gasteiger partial charge in [0, 0.05) is 29.6 Å². The van der Waals surface area contributed by atoms with Gasteiger partial charge in [-0.3, -0.25) is 0 Å². The molecule has 130 valence electrons. The van der Waals surface area contributed by atoms with Crippen LogP contribution >= 0.6 is 11.6 Å². The van der Waals surface area contributed by atoms with E-state index in [0.717, 1.165) is 5.69 Å². The minimum Gasteiger partial charge on any atom is -0.394 e. The number of aliphatic hydroxyl groups is 1. The van der Waals surface area contributed by atoms with Crippen molar-refractivity contribution < 1.29 is 9.84 Å². The second-order valence-electron chi connectivity index (χ2n) is 5.02. The molecule has 0 radical (unpaired) electrons. The first-order valence-electron chi connectivity index (χ1n) is 7.70. The van der Waals surface area contributed by atoms with Crippen molar-refractivity contribution in [3.63, 3.8) is 0 Å². The summed E-state index contributed by atoms with van der Waals surface area (Å²) in [5.41, 5.74) is 1.87. The average molecular weight is 361 g/mol. The van der Waals surface area contributed by atoms with Crippen molar-refractivity contribution in [2.45, 2.75) is 0 Å². The SMILES string of the molecule is OCCOCCNc1nc(Nc2ccc(Cl)cc2)c2nccnc2n1. The third-order valence-electron chi connectivity index (χ3n) is 3.20. The van der Waals surface area contributed by atoms with Crippen LogP contribution in [-0.2, 0) is 4.74 Å². The molecule has 8 nitrogen and oxygen atoms in total. The number of benzene rings is 1. The predicted molar refractivity (Wildman–Crippen MR) is 96.3 cm³/mol. The lowest BCUT2D eigenvalue weighted by Crippen LogP contribution is -2.14. The Labute approximate surface area is 149 Å². The Morgan fingerprint density at radius 2 is 1.84 bits per heavy atom. The van der Waals surface area contributed by atoms with Crippen LogP contribution in [0.25, 0.3) is 11.2 Å². The van der Waals surface area contributed by atoms with Gasteiger partial charge in [0.1, 0.15) is 0 Å². The van der Waals surface area contributed by atoms with Crippen molar-refractivity contribution in [3.8, 4) is 0 Å². The summed E-state index contributed by atoms with van der Waals surface area (Å²) in [5.74, 6) is 0.955. The van der Waals surface area contributed by atoms with Crippen LogP contribution < -0.4 is 10.6 Å². The standard InChI is InChI=1S/C16H17ClN6O2/c17-11-1-3-12(4-2-11)21-15-13-14(19-6-5-18-13)22-16(23-15)20-7-9-25-10-8-24/h1-6,24H,7-10H2,(H2,19,20,21,22,23). The quantitative estimate of drug-likeness (QED) is 0.525. The lowest BCUT2D eigenvalue weighted by Gasteiger charge is -2.11. The van der Waals surface area contributed by atoms with Gasteiger partial charge in [0.15, 0.2) is 17.0 Å². The first kappa shape index (κ1) is 17.3. The van der Waals surface area contributed by atoms with Gasteiger partial charge in [-0.1, -0.05) is 11.6 Å². The van der Waals surface area contributed by atoms with E-state index in [4.69, 9.17) is 21.4 Å². The first-order chi connectivity index (χ1) is 12.3. The molecule has 0 aliphatic carbocycles. The van der Waals surface area contributed by atoms with Gasteiger partial charge in [-0.05, 0) is 24.3 Å². The Bertz CT molecular complexity index is 830. The van der Waals surface area contributed by atoms with E-state index >= 15 is 0 Å². The van der Waals surface area contributed by atoms with E-state index in [1.807, 2.05) is 12.1 Å². The molecule has 25 heavy (non-hydrogen) atoms. The molecule has 2 heterocycles. The molecule has 0 atom stereocenters. The third-order valence-corrected chi connectivity index (χ3v) is 3.46. The fraction of sp³-hybridized carbons (Fsp3) is 0.250. The summed E-state index contributed by atoms with van der Waals surface area (Å²) in [5, 5.41) is 15.6. The molecule has 0 aliphatic rings. The summed E-state index contributed by atoms with van der Waals surface area (Å²) in [4.78, 5) is 17.3. The molecule has 0 saturated heterocycles. The van der Waals surface area contributed by atoms with Gasteiger partial charge in [-0.2, -0.15) is 9.97 Å². The number of hydrogen-bond donors (Lipinski definition) is 3. The van der Waals surface area contributed by atoms with Crippen LogP contribution in [0.3, 0.4) is 0 Å². The van der Waals surface area contributed by atoms with Gasteiger partial charge >= 0.3 is 0 Å². The van der Waals surface area contributed by atoms with E-state index in [-0.39, 0.29) is 6.61 Å². The van der Waals surface area contributed by atoms with Crippen LogP contribution in [0.15, 0.2) is 36.7 Å². The van der Waals surface area contributed by atoms with Crippen LogP contribution in [-0.4, -0.2) is 51.4 Å². The molecule has 0 spiro atoms. The highest BCUT2D eigenvalue weighted by Gasteiger charge is 2.10. The van der Waals surface area contributed by atoms with Crippen molar-refractivity contribution in [3.05, 3.63) is 41.7 Å². The Balaban J connectivity index is 1.81. The predicted octanol–water partition coefficient (Wildman–Crippen LogP) is 2.24.